The van der Waals surface area contributed by atoms with Crippen LogP contribution in [0.1, 0.15) is 13.8 Å². The van der Waals surface area contributed by atoms with E-state index in [-0.39, 0.29) is 5.38 Å². The van der Waals surface area contributed by atoms with Gasteiger partial charge >= 0.3 is 0 Å². The minimum absolute atomic E-state index is 0.138. The Bertz CT molecular complexity index is 464. The van der Waals surface area contributed by atoms with Crippen LogP contribution in [0.4, 0.5) is 5.82 Å². The summed E-state index contributed by atoms with van der Waals surface area (Å²) in [6.07, 6.45) is 3.73. The third kappa shape index (κ3) is 2.30. The van der Waals surface area contributed by atoms with E-state index < -0.39 is 0 Å². The molecule has 2 heterocycles. The maximum atomic E-state index is 6.20. The van der Waals surface area contributed by atoms with Crippen molar-refractivity contribution in [2.75, 3.05) is 11.9 Å². The number of hydrogen-bond acceptors (Lipinski definition) is 2. The molecule has 0 fully saturated rings. The lowest BCUT2D eigenvalue weighted by Gasteiger charge is -2.15. The van der Waals surface area contributed by atoms with Gasteiger partial charge in [-0.3, -0.25) is 4.40 Å². The first-order valence-corrected chi connectivity index (χ1v) is 5.92. The van der Waals surface area contributed by atoms with Crippen molar-refractivity contribution in [3.8, 4) is 0 Å². The Morgan fingerprint density at radius 2 is 2.25 bits per heavy atom. The lowest BCUT2D eigenvalue weighted by molar-refractivity contribution is 0.615. The van der Waals surface area contributed by atoms with Crippen molar-refractivity contribution in [1.29, 1.82) is 0 Å². The predicted molar refractivity (Wildman–Crippen MR) is 68.2 cm³/mol. The number of pyridine rings is 1. The van der Waals surface area contributed by atoms with Crippen LogP contribution in [0.15, 0.2) is 30.6 Å². The number of nitrogens with zero attached hydrogens (tertiary/aromatic N) is 2. The number of hydrogen-bond donors (Lipinski definition) is 1. The number of alkyl halides is 1. The zero-order valence-corrected chi connectivity index (χ0v) is 10.3. The summed E-state index contributed by atoms with van der Waals surface area (Å²) >= 11 is 6.20. The van der Waals surface area contributed by atoms with E-state index in [1.165, 1.54) is 0 Å². The van der Waals surface area contributed by atoms with Gasteiger partial charge < -0.3 is 5.32 Å². The highest BCUT2D eigenvalue weighted by atomic mass is 35.5. The maximum absolute atomic E-state index is 6.20. The first-order valence-electron chi connectivity index (χ1n) is 5.48. The Kier molecular flexibility index (Phi) is 3.34. The Balaban J connectivity index is 2.12. The molecule has 3 nitrogen and oxygen atoms in total. The van der Waals surface area contributed by atoms with E-state index >= 15 is 0 Å². The quantitative estimate of drug-likeness (QED) is 0.829. The van der Waals surface area contributed by atoms with E-state index in [1.807, 2.05) is 28.8 Å². The van der Waals surface area contributed by atoms with E-state index in [0.717, 1.165) is 18.0 Å². The van der Waals surface area contributed by atoms with Gasteiger partial charge in [-0.15, -0.1) is 11.6 Å². The third-order valence-electron chi connectivity index (χ3n) is 2.63. The van der Waals surface area contributed by atoms with Crippen molar-refractivity contribution in [2.24, 2.45) is 5.92 Å². The van der Waals surface area contributed by atoms with Gasteiger partial charge in [0, 0.05) is 18.9 Å². The van der Waals surface area contributed by atoms with E-state index in [0.29, 0.717) is 5.92 Å². The molecule has 0 spiro atoms. The molecule has 16 heavy (non-hydrogen) atoms. The van der Waals surface area contributed by atoms with E-state index in [4.69, 9.17) is 11.6 Å². The Morgan fingerprint density at radius 1 is 1.44 bits per heavy atom. The van der Waals surface area contributed by atoms with Crippen molar-refractivity contribution >= 4 is 23.1 Å². The van der Waals surface area contributed by atoms with Crippen LogP contribution in [0.3, 0.4) is 0 Å². The molecule has 0 aliphatic rings. The first-order chi connectivity index (χ1) is 7.68. The summed E-state index contributed by atoms with van der Waals surface area (Å²) in [4.78, 5) is 4.23. The molecule has 1 unspecified atom stereocenters. The molecular weight excluding hydrogens is 222 g/mol. The number of imidazole rings is 1. The van der Waals surface area contributed by atoms with Crippen LogP contribution >= 0.6 is 11.6 Å². The molecule has 0 bridgehead atoms. The highest BCUT2D eigenvalue weighted by molar-refractivity contribution is 6.21. The van der Waals surface area contributed by atoms with E-state index in [9.17, 15) is 0 Å². The molecule has 1 N–H and O–H groups in total. The molecule has 0 aliphatic carbocycles. The molecule has 1 atom stereocenters. The summed E-state index contributed by atoms with van der Waals surface area (Å²) in [7, 11) is 0. The van der Waals surface area contributed by atoms with Crippen molar-refractivity contribution in [3.05, 3.63) is 30.6 Å². The second-order valence-electron chi connectivity index (χ2n) is 4.21. The number of nitrogens with one attached hydrogen (secondary N) is 1. The number of fused-ring (bicyclic) bond motifs is 1. The molecule has 0 saturated heterocycles. The van der Waals surface area contributed by atoms with Crippen molar-refractivity contribution in [3.63, 3.8) is 0 Å². The molecule has 4 heteroatoms. The van der Waals surface area contributed by atoms with Crippen LogP contribution in [0.5, 0.6) is 0 Å². The van der Waals surface area contributed by atoms with Crippen LogP contribution in [0.2, 0.25) is 0 Å². The van der Waals surface area contributed by atoms with E-state index in [1.54, 1.807) is 6.20 Å². The van der Waals surface area contributed by atoms with Gasteiger partial charge in [0.2, 0.25) is 0 Å². The van der Waals surface area contributed by atoms with Crippen molar-refractivity contribution in [2.45, 2.75) is 19.2 Å². The smallest absolute Gasteiger partial charge is 0.138 e. The summed E-state index contributed by atoms with van der Waals surface area (Å²) in [6.45, 7) is 5.00. The van der Waals surface area contributed by atoms with Gasteiger partial charge in [-0.1, -0.05) is 19.9 Å². The zero-order chi connectivity index (χ0) is 11.5. The normalized spacial score (nSPS) is 13.2. The molecule has 0 saturated carbocycles. The zero-order valence-electron chi connectivity index (χ0n) is 9.52. The van der Waals surface area contributed by atoms with Crippen LogP contribution in [0.25, 0.3) is 5.65 Å². The molecule has 86 valence electrons. The standard InChI is InChI=1S/C12H16ClN3/c1-9(2)10(13)8-15-12-5-3-4-11-14-6-7-16(11)12/h3-7,9-10,15H,8H2,1-2H3. The van der Waals surface area contributed by atoms with Gasteiger partial charge in [0.1, 0.15) is 11.5 Å². The highest BCUT2D eigenvalue weighted by Gasteiger charge is 2.09. The van der Waals surface area contributed by atoms with Gasteiger partial charge in [0.05, 0.1) is 5.38 Å². The minimum Gasteiger partial charge on any atom is -0.370 e. The van der Waals surface area contributed by atoms with Crippen LogP contribution in [-0.2, 0) is 0 Å². The number of anilines is 1. The first kappa shape index (κ1) is 11.3. The lowest BCUT2D eigenvalue weighted by atomic mass is 10.1. The molecule has 0 aliphatic heterocycles. The van der Waals surface area contributed by atoms with Gasteiger partial charge in [0.15, 0.2) is 0 Å². The van der Waals surface area contributed by atoms with Gasteiger partial charge in [-0.25, -0.2) is 4.98 Å². The molecule has 0 aromatic carbocycles. The number of aromatic nitrogens is 2. The lowest BCUT2D eigenvalue weighted by Crippen LogP contribution is -2.20. The van der Waals surface area contributed by atoms with Crippen LogP contribution < -0.4 is 5.32 Å². The van der Waals surface area contributed by atoms with Crippen molar-refractivity contribution in [1.82, 2.24) is 9.38 Å². The van der Waals surface area contributed by atoms with Crippen LogP contribution in [-0.4, -0.2) is 21.3 Å². The Morgan fingerprint density at radius 3 is 3.00 bits per heavy atom. The highest BCUT2D eigenvalue weighted by Crippen LogP contribution is 2.14. The third-order valence-corrected chi connectivity index (χ3v) is 3.29. The fourth-order valence-corrected chi connectivity index (χ4v) is 1.61. The number of rotatable bonds is 4. The predicted octanol–water partition coefficient (Wildman–Crippen LogP) is 3.01. The summed E-state index contributed by atoms with van der Waals surface area (Å²) in [5, 5.41) is 3.48. The fourth-order valence-electron chi connectivity index (χ4n) is 1.53. The van der Waals surface area contributed by atoms with E-state index in [2.05, 4.69) is 24.1 Å². The van der Waals surface area contributed by atoms with Crippen LogP contribution in [0, 0.1) is 5.92 Å². The molecule has 2 aromatic heterocycles. The fraction of sp³-hybridized carbons (Fsp3) is 0.417. The molecular formula is C12H16ClN3. The largest absolute Gasteiger partial charge is 0.370 e. The molecule has 0 amide bonds. The molecule has 2 aromatic rings. The average molecular weight is 238 g/mol. The SMILES string of the molecule is CC(C)C(Cl)CNc1cccc2nccn12. The second-order valence-corrected chi connectivity index (χ2v) is 4.77. The number of halogens is 1. The molecule has 0 radical (unpaired) electrons. The summed E-state index contributed by atoms with van der Waals surface area (Å²) in [6, 6.07) is 5.99. The summed E-state index contributed by atoms with van der Waals surface area (Å²) < 4.78 is 2.02. The Hall–Kier alpha value is -1.22. The van der Waals surface area contributed by atoms with Gasteiger partial charge in [-0.2, -0.15) is 0 Å². The second kappa shape index (κ2) is 4.74. The van der Waals surface area contributed by atoms with Gasteiger partial charge in [-0.05, 0) is 18.1 Å². The van der Waals surface area contributed by atoms with Crippen molar-refractivity contribution < 1.29 is 0 Å². The maximum Gasteiger partial charge on any atom is 0.138 e. The Labute approximate surface area is 100 Å². The topological polar surface area (TPSA) is 29.3 Å². The summed E-state index contributed by atoms with van der Waals surface area (Å²) in [5.74, 6) is 1.50. The average Bonchev–Trinajstić information content (AvgIpc) is 2.73. The summed E-state index contributed by atoms with van der Waals surface area (Å²) in [5.41, 5.74) is 0.945. The minimum atomic E-state index is 0.138. The monoisotopic (exact) mass is 237 g/mol. The van der Waals surface area contributed by atoms with Gasteiger partial charge in [0.25, 0.3) is 0 Å². The molecule has 2 rings (SSSR count).